The Bertz CT molecular complexity index is 1020. The highest BCUT2D eigenvalue weighted by molar-refractivity contribution is 9.10. The van der Waals surface area contributed by atoms with Crippen LogP contribution in [-0.2, 0) is 20.7 Å². The lowest BCUT2D eigenvalue weighted by atomic mass is 10.0. The van der Waals surface area contributed by atoms with Crippen molar-refractivity contribution in [2.24, 2.45) is 0 Å². The lowest BCUT2D eigenvalue weighted by Gasteiger charge is -2.13. The average molecular weight is 469 g/mol. The van der Waals surface area contributed by atoms with Crippen molar-refractivity contribution in [2.45, 2.75) is 13.3 Å². The van der Waals surface area contributed by atoms with Gasteiger partial charge in [-0.25, -0.2) is 4.79 Å². The summed E-state index contributed by atoms with van der Waals surface area (Å²) in [6.07, 6.45) is 3.65. The molecule has 0 aliphatic rings. The molecule has 6 nitrogen and oxygen atoms in total. The van der Waals surface area contributed by atoms with E-state index in [9.17, 15) is 14.9 Å². The summed E-state index contributed by atoms with van der Waals surface area (Å²) in [6, 6.07) is 12.7. The molecule has 0 bridgehead atoms. The molecule has 0 aliphatic carbocycles. The van der Waals surface area contributed by atoms with Gasteiger partial charge in [-0.3, -0.25) is 4.79 Å². The first-order valence-electron chi connectivity index (χ1n) is 9.00. The fourth-order valence-electron chi connectivity index (χ4n) is 2.57. The lowest BCUT2D eigenvalue weighted by Crippen LogP contribution is -2.14. The smallest absolute Gasteiger partial charge is 0.343 e. The zero-order valence-corrected chi connectivity index (χ0v) is 18.3. The molecule has 1 N–H and O–H groups in total. The molecule has 0 heterocycles. The summed E-state index contributed by atoms with van der Waals surface area (Å²) >= 11 is 3.43. The van der Waals surface area contributed by atoms with Crippen LogP contribution in [0.4, 0.5) is 5.69 Å². The van der Waals surface area contributed by atoms with Crippen LogP contribution in [0, 0.1) is 18.3 Å². The molecule has 0 spiro atoms. The van der Waals surface area contributed by atoms with Crippen LogP contribution in [0.1, 0.15) is 16.7 Å². The summed E-state index contributed by atoms with van der Waals surface area (Å²) in [5.41, 5.74) is 2.99. The first kappa shape index (κ1) is 22.9. The SMILES string of the molecule is C=CCc1cc(/C=C(/C#N)C(=O)Nc2ccc(C)cc2)cc(Br)c1OCC(=O)OC. The van der Waals surface area contributed by atoms with Crippen molar-refractivity contribution in [1.29, 1.82) is 5.26 Å². The number of esters is 1. The van der Waals surface area contributed by atoms with Crippen molar-refractivity contribution in [3.63, 3.8) is 0 Å². The fraction of sp³-hybridized carbons (Fsp3) is 0.174. The van der Waals surface area contributed by atoms with E-state index in [1.54, 1.807) is 30.3 Å². The van der Waals surface area contributed by atoms with Gasteiger partial charge < -0.3 is 14.8 Å². The number of nitriles is 1. The second-order valence-corrected chi connectivity index (χ2v) is 7.19. The average Bonchev–Trinajstić information content (AvgIpc) is 2.72. The van der Waals surface area contributed by atoms with Crippen LogP contribution in [0.25, 0.3) is 6.08 Å². The van der Waals surface area contributed by atoms with Crippen molar-refractivity contribution in [3.05, 3.63) is 75.8 Å². The van der Waals surface area contributed by atoms with E-state index in [0.29, 0.717) is 27.9 Å². The Labute approximate surface area is 183 Å². The second-order valence-electron chi connectivity index (χ2n) is 6.34. The number of ether oxygens (including phenoxy) is 2. The Hall–Kier alpha value is -3.37. The van der Waals surface area contributed by atoms with Gasteiger partial charge in [0.1, 0.15) is 17.4 Å². The van der Waals surface area contributed by atoms with Gasteiger partial charge in [0.25, 0.3) is 5.91 Å². The summed E-state index contributed by atoms with van der Waals surface area (Å²) < 4.78 is 10.7. The molecular formula is C23H21BrN2O4. The number of benzene rings is 2. The predicted octanol–water partition coefficient (Wildman–Crippen LogP) is 4.58. The molecule has 2 rings (SSSR count). The van der Waals surface area contributed by atoms with Gasteiger partial charge in [-0.2, -0.15) is 5.26 Å². The molecule has 7 heteroatoms. The number of allylic oxidation sites excluding steroid dienone is 1. The summed E-state index contributed by atoms with van der Waals surface area (Å²) in [7, 11) is 1.28. The van der Waals surface area contributed by atoms with Gasteiger partial charge in [0.05, 0.1) is 11.6 Å². The number of aryl methyl sites for hydroxylation is 1. The largest absolute Gasteiger partial charge is 0.480 e. The summed E-state index contributed by atoms with van der Waals surface area (Å²) in [4.78, 5) is 23.9. The molecule has 0 atom stereocenters. The molecule has 0 saturated heterocycles. The summed E-state index contributed by atoms with van der Waals surface area (Å²) in [6.45, 7) is 5.44. The predicted molar refractivity (Wildman–Crippen MR) is 119 cm³/mol. The molecule has 1 amide bonds. The van der Waals surface area contributed by atoms with E-state index >= 15 is 0 Å². The number of anilines is 1. The molecule has 0 aromatic heterocycles. The normalized spacial score (nSPS) is 10.7. The highest BCUT2D eigenvalue weighted by Crippen LogP contribution is 2.32. The number of hydrogen-bond acceptors (Lipinski definition) is 5. The summed E-state index contributed by atoms with van der Waals surface area (Å²) in [5, 5.41) is 12.2. The molecule has 154 valence electrons. The van der Waals surface area contributed by atoms with Gasteiger partial charge in [0, 0.05) is 5.69 Å². The minimum absolute atomic E-state index is 0.0461. The topological polar surface area (TPSA) is 88.4 Å². The van der Waals surface area contributed by atoms with Crippen molar-refractivity contribution in [1.82, 2.24) is 0 Å². The van der Waals surface area contributed by atoms with E-state index in [2.05, 4.69) is 32.6 Å². The third kappa shape index (κ3) is 6.33. The van der Waals surface area contributed by atoms with Crippen LogP contribution in [0.3, 0.4) is 0 Å². The van der Waals surface area contributed by atoms with Gasteiger partial charge in [-0.05, 0) is 70.7 Å². The van der Waals surface area contributed by atoms with E-state index in [1.165, 1.54) is 13.2 Å². The summed E-state index contributed by atoms with van der Waals surface area (Å²) in [5.74, 6) is -0.538. The number of rotatable bonds is 8. The third-order valence-corrected chi connectivity index (χ3v) is 4.64. The molecule has 30 heavy (non-hydrogen) atoms. The number of hydrogen-bond donors (Lipinski definition) is 1. The quantitative estimate of drug-likeness (QED) is 0.265. The van der Waals surface area contributed by atoms with Crippen LogP contribution in [-0.4, -0.2) is 25.6 Å². The zero-order chi connectivity index (χ0) is 22.1. The lowest BCUT2D eigenvalue weighted by molar-refractivity contribution is -0.142. The van der Waals surface area contributed by atoms with Crippen LogP contribution in [0.5, 0.6) is 5.75 Å². The first-order valence-corrected chi connectivity index (χ1v) is 9.80. The van der Waals surface area contributed by atoms with Gasteiger partial charge in [0.15, 0.2) is 6.61 Å². The van der Waals surface area contributed by atoms with E-state index in [1.807, 2.05) is 25.1 Å². The van der Waals surface area contributed by atoms with Crippen molar-refractivity contribution >= 4 is 39.6 Å². The molecule has 0 unspecified atom stereocenters. The van der Waals surface area contributed by atoms with Gasteiger partial charge in [-0.15, -0.1) is 6.58 Å². The molecule has 0 aliphatic heterocycles. The van der Waals surface area contributed by atoms with Gasteiger partial charge in [-0.1, -0.05) is 23.8 Å². The molecule has 2 aromatic carbocycles. The number of carbonyl (C=O) groups is 2. The number of amides is 1. The van der Waals surface area contributed by atoms with Crippen LogP contribution >= 0.6 is 15.9 Å². The molecule has 0 radical (unpaired) electrons. The Morgan fingerprint density at radius 3 is 2.57 bits per heavy atom. The molecule has 0 saturated carbocycles. The van der Waals surface area contributed by atoms with Crippen molar-refractivity contribution in [2.75, 3.05) is 19.0 Å². The highest BCUT2D eigenvalue weighted by atomic mass is 79.9. The molecular weight excluding hydrogens is 448 g/mol. The monoisotopic (exact) mass is 468 g/mol. The van der Waals surface area contributed by atoms with Crippen LogP contribution in [0.15, 0.2) is 59.1 Å². The maximum Gasteiger partial charge on any atom is 0.343 e. The number of nitrogens with zero attached hydrogens (tertiary/aromatic N) is 1. The maximum atomic E-state index is 12.5. The Morgan fingerprint density at radius 2 is 1.97 bits per heavy atom. The molecule has 2 aromatic rings. The minimum Gasteiger partial charge on any atom is -0.480 e. The van der Waals surface area contributed by atoms with E-state index in [0.717, 1.165) is 11.1 Å². The van der Waals surface area contributed by atoms with Crippen LogP contribution in [0.2, 0.25) is 0 Å². The maximum absolute atomic E-state index is 12.5. The minimum atomic E-state index is -0.506. The van der Waals surface area contributed by atoms with Gasteiger partial charge >= 0.3 is 5.97 Å². The standard InChI is InChI=1S/C23H21BrN2O4/c1-4-5-17-10-16(12-20(24)22(17)30-14-21(27)29-3)11-18(13-25)23(28)26-19-8-6-15(2)7-9-19/h4,6-12H,1,5,14H2,2-3H3,(H,26,28)/b18-11-. The van der Waals surface area contributed by atoms with E-state index in [-0.39, 0.29) is 12.2 Å². The Morgan fingerprint density at radius 1 is 1.27 bits per heavy atom. The number of nitrogens with one attached hydrogen (secondary N) is 1. The van der Waals surface area contributed by atoms with Crippen molar-refractivity contribution in [3.8, 4) is 11.8 Å². The Kier molecular flexibility index (Phi) is 8.39. The highest BCUT2D eigenvalue weighted by Gasteiger charge is 2.14. The number of carbonyl (C=O) groups excluding carboxylic acids is 2. The second kappa shape index (κ2) is 11.0. The number of methoxy groups -OCH3 is 1. The zero-order valence-electron chi connectivity index (χ0n) is 16.7. The van der Waals surface area contributed by atoms with Crippen molar-refractivity contribution < 1.29 is 19.1 Å². The Balaban J connectivity index is 2.31. The van der Waals surface area contributed by atoms with Crippen LogP contribution < -0.4 is 10.1 Å². The fourth-order valence-corrected chi connectivity index (χ4v) is 3.20. The van der Waals surface area contributed by atoms with Gasteiger partial charge in [0.2, 0.25) is 0 Å². The first-order chi connectivity index (χ1) is 14.4. The molecule has 0 fully saturated rings. The third-order valence-electron chi connectivity index (χ3n) is 4.05. The van der Waals surface area contributed by atoms with E-state index in [4.69, 9.17) is 4.74 Å². The van der Waals surface area contributed by atoms with E-state index < -0.39 is 11.9 Å². The number of halogens is 1.